The first-order valence-electron chi connectivity index (χ1n) is 10.4. The predicted octanol–water partition coefficient (Wildman–Crippen LogP) is 1.77. The third-order valence-corrected chi connectivity index (χ3v) is 5.98. The third-order valence-electron chi connectivity index (χ3n) is 5.98. The van der Waals surface area contributed by atoms with Gasteiger partial charge in [0, 0.05) is 58.2 Å². The Morgan fingerprint density at radius 1 is 1.28 bits per heavy atom. The van der Waals surface area contributed by atoms with Crippen LogP contribution in [0.2, 0.25) is 0 Å². The second-order valence-electron chi connectivity index (χ2n) is 8.06. The van der Waals surface area contributed by atoms with E-state index in [1.54, 1.807) is 35.8 Å². The second-order valence-corrected chi connectivity index (χ2v) is 8.06. The topological polar surface area (TPSA) is 97.4 Å². The van der Waals surface area contributed by atoms with Gasteiger partial charge >= 0.3 is 0 Å². The number of amides is 2. The number of aryl methyl sites for hydroxylation is 1. The van der Waals surface area contributed by atoms with Crippen molar-refractivity contribution in [3.05, 3.63) is 29.7 Å². The van der Waals surface area contributed by atoms with Gasteiger partial charge in [-0.2, -0.15) is 10.1 Å². The van der Waals surface area contributed by atoms with E-state index in [4.69, 9.17) is 4.52 Å². The summed E-state index contributed by atoms with van der Waals surface area (Å²) in [6.07, 6.45) is 7.51. The number of nitrogens with zero attached hydrogens (tertiary/aromatic N) is 6. The van der Waals surface area contributed by atoms with Gasteiger partial charge < -0.3 is 14.3 Å². The average Bonchev–Trinajstić information content (AvgIpc) is 3.29. The Hall–Kier alpha value is -2.71. The molecule has 2 aromatic rings. The number of carbonyl (C=O) groups is 2. The predicted molar refractivity (Wildman–Crippen MR) is 104 cm³/mol. The number of aromatic nitrogens is 4. The van der Waals surface area contributed by atoms with E-state index in [1.165, 1.54) is 6.42 Å². The van der Waals surface area contributed by atoms with Gasteiger partial charge in [0.15, 0.2) is 5.82 Å². The van der Waals surface area contributed by atoms with Gasteiger partial charge in [0.2, 0.25) is 11.8 Å². The molecule has 0 radical (unpaired) electrons. The molecule has 1 aliphatic carbocycles. The van der Waals surface area contributed by atoms with Gasteiger partial charge in [0.05, 0.1) is 0 Å². The molecule has 9 nitrogen and oxygen atoms in total. The molecule has 29 heavy (non-hydrogen) atoms. The van der Waals surface area contributed by atoms with Crippen LogP contribution in [0.4, 0.5) is 0 Å². The standard InChI is InChI=1S/C20H28N6O3/c1-14(27)26(12-9-18-21-19(29-23-18)15-5-3-6-15)16-7-4-10-25(13-16)20(28)17-8-11-24(2)22-17/h8,11,15-16H,3-7,9-10,12-13H2,1-2H3. The quantitative estimate of drug-likeness (QED) is 0.733. The highest BCUT2D eigenvalue weighted by molar-refractivity contribution is 5.92. The second kappa shape index (κ2) is 8.34. The summed E-state index contributed by atoms with van der Waals surface area (Å²) in [6.45, 7) is 3.31. The molecular formula is C20H28N6O3. The van der Waals surface area contributed by atoms with Crippen molar-refractivity contribution in [3.8, 4) is 0 Å². The fourth-order valence-corrected chi connectivity index (χ4v) is 4.09. The Morgan fingerprint density at radius 3 is 2.76 bits per heavy atom. The van der Waals surface area contributed by atoms with Gasteiger partial charge in [-0.3, -0.25) is 14.3 Å². The average molecular weight is 400 g/mol. The van der Waals surface area contributed by atoms with E-state index in [9.17, 15) is 9.59 Å². The van der Waals surface area contributed by atoms with Crippen molar-refractivity contribution in [2.24, 2.45) is 7.05 Å². The third kappa shape index (κ3) is 4.33. The fourth-order valence-electron chi connectivity index (χ4n) is 4.09. The number of rotatable bonds is 6. The van der Waals surface area contributed by atoms with Crippen LogP contribution in [0.15, 0.2) is 16.8 Å². The molecule has 3 heterocycles. The highest BCUT2D eigenvalue weighted by Crippen LogP contribution is 2.35. The number of hydrogen-bond donors (Lipinski definition) is 0. The number of carbonyl (C=O) groups excluding carboxylic acids is 2. The van der Waals surface area contributed by atoms with Gasteiger partial charge in [0.1, 0.15) is 5.69 Å². The van der Waals surface area contributed by atoms with Crippen molar-refractivity contribution < 1.29 is 14.1 Å². The van der Waals surface area contributed by atoms with Crippen molar-refractivity contribution in [2.45, 2.75) is 57.4 Å². The summed E-state index contributed by atoms with van der Waals surface area (Å²) in [5.41, 5.74) is 0.442. The molecule has 1 aliphatic heterocycles. The molecule has 0 spiro atoms. The van der Waals surface area contributed by atoms with Crippen LogP contribution < -0.4 is 0 Å². The zero-order valence-corrected chi connectivity index (χ0v) is 17.1. The molecule has 2 amide bonds. The number of piperidine rings is 1. The SMILES string of the molecule is CC(=O)N(CCc1noc(C2CCC2)n1)C1CCCN(C(=O)c2ccn(C)n2)C1. The summed E-state index contributed by atoms with van der Waals surface area (Å²) in [4.78, 5) is 33.2. The fraction of sp³-hybridized carbons (Fsp3) is 0.650. The van der Waals surface area contributed by atoms with Crippen LogP contribution in [-0.2, 0) is 18.3 Å². The van der Waals surface area contributed by atoms with Crippen molar-refractivity contribution in [2.75, 3.05) is 19.6 Å². The Morgan fingerprint density at radius 2 is 2.10 bits per heavy atom. The van der Waals surface area contributed by atoms with E-state index < -0.39 is 0 Å². The minimum absolute atomic E-state index is 0.00449. The zero-order chi connectivity index (χ0) is 20.4. The summed E-state index contributed by atoms with van der Waals surface area (Å²) in [5.74, 6) is 1.71. The summed E-state index contributed by atoms with van der Waals surface area (Å²) < 4.78 is 7.00. The molecule has 1 atom stereocenters. The molecule has 0 N–H and O–H groups in total. The molecule has 9 heteroatoms. The Labute approximate surface area is 170 Å². The first-order valence-corrected chi connectivity index (χ1v) is 10.4. The van der Waals surface area contributed by atoms with Gasteiger partial charge in [-0.25, -0.2) is 0 Å². The van der Waals surface area contributed by atoms with Crippen LogP contribution in [0.3, 0.4) is 0 Å². The van der Waals surface area contributed by atoms with Crippen molar-refractivity contribution >= 4 is 11.8 Å². The minimum Gasteiger partial charge on any atom is -0.339 e. The molecule has 1 saturated carbocycles. The lowest BCUT2D eigenvalue weighted by Gasteiger charge is -2.38. The van der Waals surface area contributed by atoms with E-state index in [2.05, 4.69) is 15.2 Å². The Bertz CT molecular complexity index is 871. The Balaban J connectivity index is 1.37. The van der Waals surface area contributed by atoms with Crippen LogP contribution in [0.25, 0.3) is 0 Å². The van der Waals surface area contributed by atoms with Crippen LogP contribution in [0.1, 0.15) is 67.1 Å². The lowest BCUT2D eigenvalue weighted by molar-refractivity contribution is -0.132. The van der Waals surface area contributed by atoms with E-state index >= 15 is 0 Å². The maximum atomic E-state index is 12.7. The molecule has 2 fully saturated rings. The van der Waals surface area contributed by atoms with E-state index in [0.29, 0.717) is 43.5 Å². The van der Waals surface area contributed by atoms with Gasteiger partial charge in [0.25, 0.3) is 5.91 Å². The molecule has 0 bridgehead atoms. The van der Waals surface area contributed by atoms with Crippen LogP contribution in [0.5, 0.6) is 0 Å². The maximum absolute atomic E-state index is 12.7. The molecule has 0 aromatic carbocycles. The highest BCUT2D eigenvalue weighted by atomic mass is 16.5. The van der Waals surface area contributed by atoms with Crippen molar-refractivity contribution in [1.29, 1.82) is 0 Å². The largest absolute Gasteiger partial charge is 0.339 e. The first kappa shape index (κ1) is 19.6. The monoisotopic (exact) mass is 400 g/mol. The van der Waals surface area contributed by atoms with Gasteiger partial charge in [-0.1, -0.05) is 11.6 Å². The molecule has 2 aromatic heterocycles. The minimum atomic E-state index is -0.0814. The van der Waals surface area contributed by atoms with Crippen LogP contribution >= 0.6 is 0 Å². The first-order chi connectivity index (χ1) is 14.0. The Kier molecular flexibility index (Phi) is 5.64. The number of likely N-dealkylation sites (tertiary alicyclic amines) is 1. The van der Waals surface area contributed by atoms with E-state index in [1.807, 2.05) is 4.90 Å². The van der Waals surface area contributed by atoms with Gasteiger partial charge in [-0.15, -0.1) is 0 Å². The lowest BCUT2D eigenvalue weighted by atomic mass is 9.85. The summed E-state index contributed by atoms with van der Waals surface area (Å²) in [5, 5.41) is 8.29. The smallest absolute Gasteiger partial charge is 0.274 e. The molecular weight excluding hydrogens is 372 g/mol. The summed E-state index contributed by atoms with van der Waals surface area (Å²) in [6, 6.07) is 1.72. The van der Waals surface area contributed by atoms with Crippen molar-refractivity contribution in [1.82, 2.24) is 29.7 Å². The molecule has 1 saturated heterocycles. The molecule has 2 aliphatic rings. The highest BCUT2D eigenvalue weighted by Gasteiger charge is 2.31. The molecule has 156 valence electrons. The van der Waals surface area contributed by atoms with Crippen LogP contribution in [0, 0.1) is 0 Å². The molecule has 4 rings (SSSR count). The zero-order valence-electron chi connectivity index (χ0n) is 17.1. The number of hydrogen-bond acceptors (Lipinski definition) is 6. The lowest BCUT2D eigenvalue weighted by Crippen LogP contribution is -2.51. The van der Waals surface area contributed by atoms with E-state index in [0.717, 1.165) is 31.6 Å². The summed E-state index contributed by atoms with van der Waals surface area (Å²) in [7, 11) is 1.79. The maximum Gasteiger partial charge on any atom is 0.274 e. The normalized spacial score (nSPS) is 19.8. The van der Waals surface area contributed by atoms with E-state index in [-0.39, 0.29) is 17.9 Å². The molecule has 1 unspecified atom stereocenters. The summed E-state index contributed by atoms with van der Waals surface area (Å²) >= 11 is 0. The van der Waals surface area contributed by atoms with Crippen LogP contribution in [-0.4, -0.2) is 67.2 Å². The van der Waals surface area contributed by atoms with Crippen molar-refractivity contribution in [3.63, 3.8) is 0 Å². The van der Waals surface area contributed by atoms with Gasteiger partial charge in [-0.05, 0) is 31.7 Å².